The van der Waals surface area contributed by atoms with E-state index in [4.69, 9.17) is 0 Å². The zero-order valence-corrected chi connectivity index (χ0v) is 8.93. The maximum absolute atomic E-state index is 12.3. The number of carbonyl (C=O) groups is 1. The molecule has 1 heterocycles. The van der Waals surface area contributed by atoms with Gasteiger partial charge < -0.3 is 4.90 Å². The van der Waals surface area contributed by atoms with Gasteiger partial charge in [0.25, 0.3) is 0 Å². The monoisotopic (exact) mass is 307 g/mol. The Kier molecular flexibility index (Phi) is 3.42. The van der Waals surface area contributed by atoms with Gasteiger partial charge in [-0.3, -0.25) is 4.79 Å². The minimum Gasteiger partial charge on any atom is -0.330 e. The summed E-state index contributed by atoms with van der Waals surface area (Å²) in [5, 5.41) is 0. The van der Waals surface area contributed by atoms with Gasteiger partial charge >= 0.3 is 6.18 Å². The molecule has 0 aliphatic carbocycles. The standard InChI is InChI=1S/C7H9F3INO/c8-7(9,10)5-2-1-3-12(5)6(13)4-11/h5H,1-4H2/t5-/m1/s1. The molecule has 0 spiro atoms. The molecule has 13 heavy (non-hydrogen) atoms. The second kappa shape index (κ2) is 4.02. The van der Waals surface area contributed by atoms with E-state index in [1.165, 1.54) is 0 Å². The molecule has 0 bridgehead atoms. The van der Waals surface area contributed by atoms with Crippen LogP contribution in [0.2, 0.25) is 0 Å². The number of alkyl halides is 4. The number of rotatable bonds is 1. The lowest BCUT2D eigenvalue weighted by atomic mass is 10.2. The first kappa shape index (κ1) is 11.1. The van der Waals surface area contributed by atoms with Crippen molar-refractivity contribution in [2.45, 2.75) is 25.1 Å². The molecule has 1 atom stereocenters. The summed E-state index contributed by atoms with van der Waals surface area (Å²) in [7, 11) is 0. The van der Waals surface area contributed by atoms with Gasteiger partial charge in [-0.25, -0.2) is 0 Å². The first-order valence-electron chi connectivity index (χ1n) is 3.89. The van der Waals surface area contributed by atoms with Crippen molar-refractivity contribution in [3.8, 4) is 0 Å². The maximum atomic E-state index is 12.3. The van der Waals surface area contributed by atoms with Crippen molar-refractivity contribution in [1.29, 1.82) is 0 Å². The molecule has 0 aromatic carbocycles. The number of hydrogen-bond donors (Lipinski definition) is 0. The van der Waals surface area contributed by atoms with Crippen LogP contribution in [-0.4, -0.2) is 34.0 Å². The van der Waals surface area contributed by atoms with E-state index in [2.05, 4.69) is 0 Å². The first-order chi connectivity index (χ1) is 5.96. The maximum Gasteiger partial charge on any atom is 0.408 e. The Labute approximate surface area is 87.6 Å². The molecule has 1 amide bonds. The molecule has 1 saturated heterocycles. The van der Waals surface area contributed by atoms with E-state index in [-0.39, 0.29) is 17.4 Å². The van der Waals surface area contributed by atoms with Crippen LogP contribution >= 0.6 is 22.6 Å². The Morgan fingerprint density at radius 2 is 2.15 bits per heavy atom. The topological polar surface area (TPSA) is 20.3 Å². The van der Waals surface area contributed by atoms with Crippen LogP contribution < -0.4 is 0 Å². The van der Waals surface area contributed by atoms with Crippen molar-refractivity contribution in [3.05, 3.63) is 0 Å². The fourth-order valence-electron chi connectivity index (χ4n) is 1.48. The normalized spacial score (nSPS) is 23.7. The Morgan fingerprint density at radius 1 is 1.54 bits per heavy atom. The van der Waals surface area contributed by atoms with Gasteiger partial charge in [0.2, 0.25) is 5.91 Å². The molecular formula is C7H9F3INO. The highest BCUT2D eigenvalue weighted by molar-refractivity contribution is 14.1. The number of carbonyl (C=O) groups excluding carboxylic acids is 1. The molecule has 1 fully saturated rings. The highest BCUT2D eigenvalue weighted by atomic mass is 127. The van der Waals surface area contributed by atoms with Crippen LogP contribution in [0.1, 0.15) is 12.8 Å². The fourth-order valence-corrected chi connectivity index (χ4v) is 1.92. The summed E-state index contributed by atoms with van der Waals surface area (Å²) in [5.74, 6) is -0.416. The van der Waals surface area contributed by atoms with E-state index in [1.54, 1.807) is 22.6 Å². The van der Waals surface area contributed by atoms with E-state index in [9.17, 15) is 18.0 Å². The van der Waals surface area contributed by atoms with Gasteiger partial charge in [-0.2, -0.15) is 13.2 Å². The zero-order chi connectivity index (χ0) is 10.1. The Bertz CT molecular complexity index is 206. The lowest BCUT2D eigenvalue weighted by molar-refractivity contribution is -0.181. The van der Waals surface area contributed by atoms with Crippen molar-refractivity contribution in [3.63, 3.8) is 0 Å². The fraction of sp³-hybridized carbons (Fsp3) is 0.857. The van der Waals surface area contributed by atoms with Gasteiger partial charge in [-0.1, -0.05) is 22.6 Å². The number of likely N-dealkylation sites (tertiary alicyclic amines) is 1. The molecule has 0 unspecified atom stereocenters. The van der Waals surface area contributed by atoms with Crippen LogP contribution in [0.5, 0.6) is 0 Å². The van der Waals surface area contributed by atoms with E-state index < -0.39 is 18.1 Å². The minimum atomic E-state index is -4.27. The van der Waals surface area contributed by atoms with Crippen LogP contribution in [0.25, 0.3) is 0 Å². The summed E-state index contributed by atoms with van der Waals surface area (Å²) >= 11 is 1.78. The number of hydrogen-bond acceptors (Lipinski definition) is 1. The molecule has 2 nitrogen and oxygen atoms in total. The van der Waals surface area contributed by atoms with E-state index >= 15 is 0 Å². The molecule has 1 rings (SSSR count). The average molecular weight is 307 g/mol. The largest absolute Gasteiger partial charge is 0.408 e. The molecule has 0 radical (unpaired) electrons. The number of amides is 1. The number of nitrogens with zero attached hydrogens (tertiary/aromatic N) is 1. The predicted octanol–water partition coefficient (Wildman–Crippen LogP) is 1.97. The third kappa shape index (κ3) is 2.47. The molecule has 0 aromatic rings. The van der Waals surface area contributed by atoms with Gasteiger partial charge in [0, 0.05) is 6.54 Å². The van der Waals surface area contributed by atoms with Crippen molar-refractivity contribution in [1.82, 2.24) is 4.90 Å². The predicted molar refractivity (Wildman–Crippen MR) is 49.7 cm³/mol. The van der Waals surface area contributed by atoms with E-state index in [0.717, 1.165) is 4.90 Å². The molecular weight excluding hydrogens is 298 g/mol. The number of halogens is 4. The third-order valence-electron chi connectivity index (χ3n) is 2.07. The summed E-state index contributed by atoms with van der Waals surface area (Å²) in [6, 6.07) is -1.55. The lowest BCUT2D eigenvalue weighted by Crippen LogP contribution is -2.44. The van der Waals surface area contributed by atoms with Gasteiger partial charge in [0.1, 0.15) is 6.04 Å². The second-order valence-electron chi connectivity index (χ2n) is 2.92. The molecule has 0 saturated carbocycles. The minimum absolute atomic E-state index is 0.0475. The highest BCUT2D eigenvalue weighted by Crippen LogP contribution is 2.32. The molecule has 0 N–H and O–H groups in total. The Hall–Kier alpha value is -0.0100. The van der Waals surface area contributed by atoms with E-state index in [0.29, 0.717) is 6.42 Å². The Morgan fingerprint density at radius 3 is 2.62 bits per heavy atom. The second-order valence-corrected chi connectivity index (χ2v) is 3.68. The summed E-state index contributed by atoms with van der Waals surface area (Å²) < 4.78 is 37.0. The van der Waals surface area contributed by atoms with Gasteiger partial charge in [0.05, 0.1) is 4.43 Å². The van der Waals surface area contributed by atoms with Crippen molar-refractivity contribution in [2.75, 3.05) is 11.0 Å². The molecule has 1 aliphatic rings. The van der Waals surface area contributed by atoms with Gasteiger partial charge in [0.15, 0.2) is 0 Å². The van der Waals surface area contributed by atoms with Crippen molar-refractivity contribution >= 4 is 28.5 Å². The van der Waals surface area contributed by atoms with Crippen molar-refractivity contribution in [2.24, 2.45) is 0 Å². The molecule has 76 valence electrons. The lowest BCUT2D eigenvalue weighted by Gasteiger charge is -2.25. The van der Waals surface area contributed by atoms with Crippen molar-refractivity contribution < 1.29 is 18.0 Å². The smallest absolute Gasteiger partial charge is 0.330 e. The van der Waals surface area contributed by atoms with Crippen LogP contribution in [0.4, 0.5) is 13.2 Å². The quantitative estimate of drug-likeness (QED) is 0.536. The van der Waals surface area contributed by atoms with E-state index in [1.807, 2.05) is 0 Å². The summed E-state index contributed by atoms with van der Waals surface area (Å²) in [6.07, 6.45) is -3.77. The van der Waals surface area contributed by atoms with Crippen LogP contribution in [0.15, 0.2) is 0 Å². The summed E-state index contributed by atoms with van der Waals surface area (Å²) in [5.41, 5.74) is 0. The summed E-state index contributed by atoms with van der Waals surface area (Å²) in [6.45, 7) is 0.242. The molecule has 6 heteroatoms. The van der Waals surface area contributed by atoms with Crippen LogP contribution in [-0.2, 0) is 4.79 Å². The zero-order valence-electron chi connectivity index (χ0n) is 6.77. The van der Waals surface area contributed by atoms with Crippen LogP contribution in [0, 0.1) is 0 Å². The molecule has 1 aliphatic heterocycles. The van der Waals surface area contributed by atoms with Gasteiger partial charge in [-0.15, -0.1) is 0 Å². The van der Waals surface area contributed by atoms with Gasteiger partial charge in [-0.05, 0) is 12.8 Å². The first-order valence-corrected chi connectivity index (χ1v) is 5.41. The highest BCUT2D eigenvalue weighted by Gasteiger charge is 2.47. The molecule has 0 aromatic heterocycles. The summed E-state index contributed by atoms with van der Waals surface area (Å²) in [4.78, 5) is 12.0. The SMILES string of the molecule is O=C(CI)N1CCC[C@@H]1C(F)(F)F. The van der Waals surface area contributed by atoms with Crippen LogP contribution in [0.3, 0.4) is 0 Å². The third-order valence-corrected chi connectivity index (χ3v) is 2.72. The Balaban J connectivity index is 2.70. The average Bonchev–Trinajstić information content (AvgIpc) is 2.49.